The van der Waals surface area contributed by atoms with E-state index in [1.54, 1.807) is 19.6 Å². The Hall–Kier alpha value is -3.30. The molecule has 4 aromatic rings. The number of pyridine rings is 1. The molecule has 0 radical (unpaired) electrons. The second-order valence-corrected chi connectivity index (χ2v) is 8.44. The fourth-order valence-corrected chi connectivity index (χ4v) is 4.68. The summed E-state index contributed by atoms with van der Waals surface area (Å²) in [6, 6.07) is 5.71. The number of hydrogen-bond donors (Lipinski definition) is 2. The van der Waals surface area contributed by atoms with Crippen LogP contribution in [0.4, 0.5) is 10.8 Å². The van der Waals surface area contributed by atoms with Gasteiger partial charge in [0.05, 0.1) is 41.2 Å². The van der Waals surface area contributed by atoms with E-state index >= 15 is 0 Å². The third-order valence-corrected chi connectivity index (χ3v) is 6.36. The number of aromatic nitrogens is 2. The van der Waals surface area contributed by atoms with Crippen LogP contribution in [0, 0.1) is 0 Å². The lowest BCUT2D eigenvalue weighted by Crippen LogP contribution is -2.18. The number of fused-ring (bicyclic) bond motifs is 1. The quantitative estimate of drug-likeness (QED) is 0.429. The second-order valence-electron chi connectivity index (χ2n) is 7.53. The predicted octanol–water partition coefficient (Wildman–Crippen LogP) is 4.51. The Bertz CT molecular complexity index is 1240. The molecule has 1 fully saturated rings. The molecule has 0 unspecified atom stereocenters. The van der Waals surface area contributed by atoms with Crippen LogP contribution in [0.2, 0.25) is 0 Å². The molecule has 8 nitrogen and oxygen atoms in total. The summed E-state index contributed by atoms with van der Waals surface area (Å²) < 4.78 is 19.4. The van der Waals surface area contributed by atoms with Gasteiger partial charge in [0.1, 0.15) is 23.7 Å². The number of rotatable bonds is 7. The van der Waals surface area contributed by atoms with Crippen molar-refractivity contribution in [2.24, 2.45) is 0 Å². The Labute approximate surface area is 189 Å². The number of nitrogens with zero attached hydrogens (tertiary/aromatic N) is 2. The SMILES string of the molecule is CCc1c(Nc2cc(C(=O)NC)cs2)nc2ccn(-c3ccoc3)c2c1O[C@H]1CCOC1. The third-order valence-electron chi connectivity index (χ3n) is 5.51. The van der Waals surface area contributed by atoms with Crippen LogP contribution in [0.15, 0.2) is 46.7 Å². The number of hydrogen-bond acceptors (Lipinski definition) is 7. The van der Waals surface area contributed by atoms with E-state index in [0.717, 1.165) is 51.7 Å². The van der Waals surface area contributed by atoms with Crippen LogP contribution in [0.3, 0.4) is 0 Å². The fraction of sp³-hybridized carbons (Fsp3) is 0.304. The molecule has 4 aromatic heterocycles. The van der Waals surface area contributed by atoms with Crippen LogP contribution in [-0.2, 0) is 11.2 Å². The molecule has 0 bridgehead atoms. The average Bonchev–Trinajstić information content (AvgIpc) is 3.60. The molecule has 5 heterocycles. The lowest BCUT2D eigenvalue weighted by atomic mass is 10.1. The van der Waals surface area contributed by atoms with Crippen LogP contribution < -0.4 is 15.4 Å². The smallest absolute Gasteiger partial charge is 0.251 e. The fourth-order valence-electron chi connectivity index (χ4n) is 3.90. The van der Waals surface area contributed by atoms with Gasteiger partial charge in [-0.25, -0.2) is 4.98 Å². The summed E-state index contributed by atoms with van der Waals surface area (Å²) in [5.74, 6) is 1.41. The van der Waals surface area contributed by atoms with Crippen molar-refractivity contribution in [3.05, 3.63) is 53.4 Å². The second kappa shape index (κ2) is 8.68. The lowest BCUT2D eigenvalue weighted by molar-refractivity contribution is 0.0963. The maximum absolute atomic E-state index is 11.9. The highest BCUT2D eigenvalue weighted by atomic mass is 32.1. The highest BCUT2D eigenvalue weighted by molar-refractivity contribution is 7.14. The molecule has 1 saturated heterocycles. The summed E-state index contributed by atoms with van der Waals surface area (Å²) in [4.78, 5) is 16.9. The van der Waals surface area contributed by atoms with E-state index < -0.39 is 0 Å². The highest BCUT2D eigenvalue weighted by Gasteiger charge is 2.25. The molecule has 0 aliphatic carbocycles. The van der Waals surface area contributed by atoms with Gasteiger partial charge >= 0.3 is 0 Å². The number of furan rings is 1. The first-order valence-corrected chi connectivity index (χ1v) is 11.4. The normalized spacial score (nSPS) is 15.9. The van der Waals surface area contributed by atoms with E-state index in [-0.39, 0.29) is 12.0 Å². The molecule has 2 N–H and O–H groups in total. The number of amides is 1. The molecule has 1 aliphatic rings. The minimum atomic E-state index is -0.115. The van der Waals surface area contributed by atoms with E-state index in [9.17, 15) is 4.79 Å². The number of carbonyl (C=O) groups excluding carboxylic acids is 1. The Kier molecular flexibility index (Phi) is 5.59. The van der Waals surface area contributed by atoms with E-state index in [2.05, 4.69) is 17.6 Å². The van der Waals surface area contributed by atoms with Gasteiger partial charge in [-0.15, -0.1) is 11.3 Å². The maximum Gasteiger partial charge on any atom is 0.251 e. The van der Waals surface area contributed by atoms with Crippen molar-refractivity contribution in [3.63, 3.8) is 0 Å². The van der Waals surface area contributed by atoms with Crippen molar-refractivity contribution < 1.29 is 18.7 Å². The molecule has 1 aliphatic heterocycles. The first-order valence-electron chi connectivity index (χ1n) is 10.6. The van der Waals surface area contributed by atoms with Gasteiger partial charge in [-0.05, 0) is 18.6 Å². The highest BCUT2D eigenvalue weighted by Crippen LogP contribution is 2.39. The zero-order valence-corrected chi connectivity index (χ0v) is 18.7. The molecule has 0 saturated carbocycles. The summed E-state index contributed by atoms with van der Waals surface area (Å²) in [6.45, 7) is 3.36. The van der Waals surface area contributed by atoms with Crippen molar-refractivity contribution in [2.75, 3.05) is 25.6 Å². The van der Waals surface area contributed by atoms with E-state index in [1.807, 2.05) is 34.3 Å². The first-order chi connectivity index (χ1) is 15.7. The van der Waals surface area contributed by atoms with Gasteiger partial charge in [-0.3, -0.25) is 4.79 Å². The number of nitrogens with one attached hydrogen (secondary N) is 2. The van der Waals surface area contributed by atoms with Gasteiger partial charge < -0.3 is 29.1 Å². The number of anilines is 2. The zero-order chi connectivity index (χ0) is 22.1. The van der Waals surface area contributed by atoms with Gasteiger partial charge in [0.15, 0.2) is 5.75 Å². The molecule has 1 atom stereocenters. The minimum absolute atomic E-state index is 0.00644. The van der Waals surface area contributed by atoms with Crippen LogP contribution >= 0.6 is 11.3 Å². The van der Waals surface area contributed by atoms with Gasteiger partial charge in [0.25, 0.3) is 5.91 Å². The van der Waals surface area contributed by atoms with Crippen molar-refractivity contribution in [3.8, 4) is 11.4 Å². The number of ether oxygens (including phenoxy) is 2. The summed E-state index contributed by atoms with van der Waals surface area (Å²) in [5.41, 5.74) is 4.21. The molecule has 5 rings (SSSR count). The van der Waals surface area contributed by atoms with E-state index in [4.69, 9.17) is 18.9 Å². The minimum Gasteiger partial charge on any atom is -0.485 e. The predicted molar refractivity (Wildman–Crippen MR) is 124 cm³/mol. The number of carbonyl (C=O) groups is 1. The van der Waals surface area contributed by atoms with E-state index in [0.29, 0.717) is 18.8 Å². The Morgan fingerprint density at radius 2 is 2.31 bits per heavy atom. The van der Waals surface area contributed by atoms with Crippen LogP contribution in [-0.4, -0.2) is 41.8 Å². The summed E-state index contributed by atoms with van der Waals surface area (Å²) >= 11 is 1.46. The maximum atomic E-state index is 11.9. The van der Waals surface area contributed by atoms with Gasteiger partial charge in [-0.2, -0.15) is 0 Å². The van der Waals surface area contributed by atoms with Crippen LogP contribution in [0.1, 0.15) is 29.3 Å². The topological polar surface area (TPSA) is 90.6 Å². The standard InChI is InChI=1S/C23H24N4O4S/c1-3-17-21(31-16-6-9-30-12-16)20-18(4-7-27(20)15-5-8-29-11-15)25-22(17)26-19-10-14(13-32-19)23(28)24-2/h4-5,7-8,10-11,13,16H,3,6,9,12H2,1-2H3,(H,24,28)(H,25,26)/t16-/m0/s1. The lowest BCUT2D eigenvalue weighted by Gasteiger charge is -2.20. The molecular formula is C23H24N4O4S. The van der Waals surface area contributed by atoms with Crippen LogP contribution in [0.5, 0.6) is 5.75 Å². The third kappa shape index (κ3) is 3.74. The van der Waals surface area contributed by atoms with Crippen molar-refractivity contribution in [1.29, 1.82) is 0 Å². The largest absolute Gasteiger partial charge is 0.485 e. The monoisotopic (exact) mass is 452 g/mol. The van der Waals surface area contributed by atoms with Crippen molar-refractivity contribution in [1.82, 2.24) is 14.9 Å². The molecule has 0 spiro atoms. The summed E-state index contributed by atoms with van der Waals surface area (Å²) in [5, 5.41) is 8.74. The van der Waals surface area contributed by atoms with E-state index in [1.165, 1.54) is 11.3 Å². The molecule has 1 amide bonds. The molecule has 32 heavy (non-hydrogen) atoms. The van der Waals surface area contributed by atoms with Gasteiger partial charge in [0, 0.05) is 36.7 Å². The van der Waals surface area contributed by atoms with Gasteiger partial charge in [-0.1, -0.05) is 6.92 Å². The number of thiophene rings is 1. The Balaban J connectivity index is 1.62. The van der Waals surface area contributed by atoms with Crippen LogP contribution in [0.25, 0.3) is 16.7 Å². The Morgan fingerprint density at radius 1 is 1.41 bits per heavy atom. The molecular weight excluding hydrogens is 428 g/mol. The molecule has 9 heteroatoms. The van der Waals surface area contributed by atoms with Gasteiger partial charge in [0.2, 0.25) is 0 Å². The first kappa shape index (κ1) is 20.6. The Morgan fingerprint density at radius 3 is 3.03 bits per heavy atom. The zero-order valence-electron chi connectivity index (χ0n) is 17.9. The summed E-state index contributed by atoms with van der Waals surface area (Å²) in [6.07, 6.45) is 6.89. The molecule has 0 aromatic carbocycles. The van der Waals surface area contributed by atoms with Crippen molar-refractivity contribution in [2.45, 2.75) is 25.9 Å². The van der Waals surface area contributed by atoms with Crippen molar-refractivity contribution >= 4 is 39.1 Å². The average molecular weight is 453 g/mol. The summed E-state index contributed by atoms with van der Waals surface area (Å²) in [7, 11) is 1.62. The molecule has 166 valence electrons.